The van der Waals surface area contributed by atoms with Gasteiger partial charge in [-0.05, 0) is 12.1 Å². The molecule has 1 aromatic carbocycles. The van der Waals surface area contributed by atoms with Gasteiger partial charge in [-0.2, -0.15) is 5.26 Å². The van der Waals surface area contributed by atoms with E-state index in [1.807, 2.05) is 0 Å². The van der Waals surface area contributed by atoms with Crippen molar-refractivity contribution in [3.63, 3.8) is 0 Å². The van der Waals surface area contributed by atoms with Gasteiger partial charge in [-0.25, -0.2) is 0 Å². The number of rotatable bonds is 2. The molecule has 0 radical (unpaired) electrons. The second-order valence-corrected chi connectivity index (χ2v) is 5.01. The largest absolute Gasteiger partial charge is 0.506 e. The van der Waals surface area contributed by atoms with Gasteiger partial charge in [-0.15, -0.1) is 0 Å². The lowest BCUT2D eigenvalue weighted by Gasteiger charge is -2.12. The second kappa shape index (κ2) is 6.16. The molecule has 0 saturated carbocycles. The van der Waals surface area contributed by atoms with E-state index in [0.717, 1.165) is 4.90 Å². The Morgan fingerprint density at radius 3 is 2.37 bits per heavy atom. The molecule has 4 nitrogen and oxygen atoms in total. The van der Waals surface area contributed by atoms with Crippen molar-refractivity contribution in [2.45, 2.75) is 0 Å². The minimum atomic E-state index is -0.646. The number of benzene rings is 1. The Balaban J connectivity index is 3.52. The predicted molar refractivity (Wildman–Crippen MR) is 75.3 cm³/mol. The molecule has 0 heterocycles. The third kappa shape index (κ3) is 3.32. The van der Waals surface area contributed by atoms with E-state index in [2.05, 4.69) is 0 Å². The molecule has 100 valence electrons. The highest BCUT2D eigenvalue weighted by molar-refractivity contribution is 6.44. The Morgan fingerprint density at radius 1 is 1.32 bits per heavy atom. The number of amides is 1. The van der Waals surface area contributed by atoms with Crippen molar-refractivity contribution in [1.29, 1.82) is 5.26 Å². The van der Waals surface area contributed by atoms with Gasteiger partial charge in [0.1, 0.15) is 11.8 Å². The molecule has 19 heavy (non-hydrogen) atoms. The van der Waals surface area contributed by atoms with Crippen LogP contribution < -0.4 is 0 Å². The van der Waals surface area contributed by atoms with E-state index in [4.69, 9.17) is 40.1 Å². The normalized spacial score (nSPS) is 11.6. The Labute approximate surface area is 125 Å². The molecule has 1 amide bonds. The maximum Gasteiger partial charge on any atom is 0.267 e. The summed E-state index contributed by atoms with van der Waals surface area (Å²) in [6, 6.07) is 4.36. The van der Waals surface area contributed by atoms with E-state index in [0.29, 0.717) is 0 Å². The Hall–Kier alpha value is -1.41. The van der Waals surface area contributed by atoms with Gasteiger partial charge in [-0.1, -0.05) is 34.8 Å². The van der Waals surface area contributed by atoms with Crippen LogP contribution in [0.1, 0.15) is 5.56 Å². The first-order valence-corrected chi connectivity index (χ1v) is 6.12. The lowest BCUT2D eigenvalue weighted by Crippen LogP contribution is -2.23. The van der Waals surface area contributed by atoms with Gasteiger partial charge in [0.05, 0.1) is 10.0 Å². The summed E-state index contributed by atoms with van der Waals surface area (Å²) >= 11 is 17.6. The molecule has 0 aliphatic heterocycles. The highest BCUT2D eigenvalue weighted by atomic mass is 35.5. The number of carbonyl (C=O) groups is 1. The van der Waals surface area contributed by atoms with Gasteiger partial charge >= 0.3 is 0 Å². The van der Waals surface area contributed by atoms with Gasteiger partial charge < -0.3 is 10.0 Å². The summed E-state index contributed by atoms with van der Waals surface area (Å²) in [4.78, 5) is 12.9. The van der Waals surface area contributed by atoms with Gasteiger partial charge in [0.25, 0.3) is 5.91 Å². The summed E-state index contributed by atoms with van der Waals surface area (Å²) in [6.45, 7) is 0. The van der Waals surface area contributed by atoms with E-state index >= 15 is 0 Å². The van der Waals surface area contributed by atoms with E-state index in [-0.39, 0.29) is 20.6 Å². The van der Waals surface area contributed by atoms with Crippen LogP contribution in [-0.2, 0) is 4.79 Å². The monoisotopic (exact) mass is 318 g/mol. The molecule has 0 spiro atoms. The number of aliphatic hydroxyl groups excluding tert-OH is 1. The lowest BCUT2D eigenvalue weighted by molar-refractivity contribution is -0.124. The molecule has 1 N–H and O–H groups in total. The lowest BCUT2D eigenvalue weighted by atomic mass is 10.1. The molecular formula is C12H9Cl3N2O2. The number of carbonyl (C=O) groups excluding carboxylic acids is 1. The fourth-order valence-electron chi connectivity index (χ4n) is 1.29. The number of halogens is 3. The molecule has 0 atom stereocenters. The summed E-state index contributed by atoms with van der Waals surface area (Å²) in [6.07, 6.45) is 0. The Morgan fingerprint density at radius 2 is 1.89 bits per heavy atom. The maximum atomic E-state index is 11.7. The van der Waals surface area contributed by atoms with Crippen LogP contribution in [0.4, 0.5) is 0 Å². The highest BCUT2D eigenvalue weighted by Crippen LogP contribution is 2.34. The van der Waals surface area contributed by atoms with Crippen molar-refractivity contribution in [3.05, 3.63) is 38.3 Å². The van der Waals surface area contributed by atoms with Crippen LogP contribution in [0.3, 0.4) is 0 Å². The van der Waals surface area contributed by atoms with Crippen LogP contribution in [0, 0.1) is 11.3 Å². The SMILES string of the molecule is CN(C)C(=O)/C(C#N)=C(\O)c1cc(Cl)cc(Cl)c1Cl. The van der Waals surface area contributed by atoms with Crippen molar-refractivity contribution >= 4 is 46.5 Å². The zero-order chi connectivity index (χ0) is 14.7. The van der Waals surface area contributed by atoms with Crippen molar-refractivity contribution in [2.24, 2.45) is 0 Å². The zero-order valence-corrected chi connectivity index (χ0v) is 12.3. The summed E-state index contributed by atoms with van der Waals surface area (Å²) in [5.74, 6) is -1.21. The fraction of sp³-hybridized carbons (Fsp3) is 0.167. The molecule has 0 saturated heterocycles. The van der Waals surface area contributed by atoms with Gasteiger partial charge in [0.2, 0.25) is 0 Å². The fourth-order valence-corrected chi connectivity index (χ4v) is 1.98. The summed E-state index contributed by atoms with van der Waals surface area (Å²) in [7, 11) is 2.92. The minimum absolute atomic E-state index is 0.0165. The first-order valence-electron chi connectivity index (χ1n) is 4.99. The zero-order valence-electron chi connectivity index (χ0n) is 10.0. The van der Waals surface area contributed by atoms with Crippen LogP contribution in [0.15, 0.2) is 17.7 Å². The third-order valence-corrected chi connectivity index (χ3v) is 3.24. The van der Waals surface area contributed by atoms with E-state index in [1.165, 1.54) is 26.2 Å². The number of hydrogen-bond donors (Lipinski definition) is 1. The molecule has 0 aliphatic carbocycles. The number of hydrogen-bond acceptors (Lipinski definition) is 3. The smallest absolute Gasteiger partial charge is 0.267 e. The highest BCUT2D eigenvalue weighted by Gasteiger charge is 2.21. The molecular weight excluding hydrogens is 311 g/mol. The summed E-state index contributed by atoms with van der Waals surface area (Å²) in [5, 5.41) is 19.4. The first-order chi connectivity index (χ1) is 8.79. The number of nitriles is 1. The van der Waals surface area contributed by atoms with Gasteiger partial charge in [0.15, 0.2) is 5.57 Å². The molecule has 1 aromatic rings. The minimum Gasteiger partial charge on any atom is -0.506 e. The van der Waals surface area contributed by atoms with Crippen LogP contribution in [0.5, 0.6) is 0 Å². The average molecular weight is 320 g/mol. The van der Waals surface area contributed by atoms with Crippen LogP contribution in [-0.4, -0.2) is 30.0 Å². The van der Waals surface area contributed by atoms with Crippen molar-refractivity contribution < 1.29 is 9.90 Å². The third-order valence-electron chi connectivity index (χ3n) is 2.22. The van der Waals surface area contributed by atoms with Crippen LogP contribution >= 0.6 is 34.8 Å². The Bertz CT molecular complexity index is 604. The average Bonchev–Trinajstić information content (AvgIpc) is 2.34. The quantitative estimate of drug-likeness (QED) is 0.392. The van der Waals surface area contributed by atoms with E-state index < -0.39 is 17.2 Å². The topological polar surface area (TPSA) is 64.3 Å². The summed E-state index contributed by atoms with van der Waals surface area (Å²) < 4.78 is 0. The molecule has 0 bridgehead atoms. The van der Waals surface area contributed by atoms with Crippen LogP contribution in [0.2, 0.25) is 15.1 Å². The van der Waals surface area contributed by atoms with Gasteiger partial charge in [0, 0.05) is 24.7 Å². The molecule has 0 fully saturated rings. The van der Waals surface area contributed by atoms with E-state index in [1.54, 1.807) is 6.07 Å². The first kappa shape index (κ1) is 15.6. The molecule has 0 aliphatic rings. The molecule has 7 heteroatoms. The second-order valence-electron chi connectivity index (χ2n) is 3.78. The Kier molecular flexibility index (Phi) is 5.07. The number of likely N-dealkylation sites (N-methyl/N-ethyl adjacent to an activating group) is 1. The molecule has 0 unspecified atom stereocenters. The molecule has 1 rings (SSSR count). The number of aliphatic hydroxyl groups is 1. The number of nitrogens with zero attached hydrogens (tertiary/aromatic N) is 2. The standard InChI is InChI=1S/C12H9Cl3N2O2/c1-17(2)12(19)8(5-16)11(18)7-3-6(13)4-9(14)10(7)15/h3-4,18H,1-2H3/b11-8-. The maximum absolute atomic E-state index is 11.7. The molecule has 0 aromatic heterocycles. The van der Waals surface area contributed by atoms with E-state index in [9.17, 15) is 9.90 Å². The van der Waals surface area contributed by atoms with Gasteiger partial charge in [-0.3, -0.25) is 4.79 Å². The van der Waals surface area contributed by atoms with Crippen molar-refractivity contribution in [3.8, 4) is 6.07 Å². The summed E-state index contributed by atoms with van der Waals surface area (Å²) in [5.41, 5.74) is -0.406. The van der Waals surface area contributed by atoms with Crippen molar-refractivity contribution in [1.82, 2.24) is 4.90 Å². The predicted octanol–water partition coefficient (Wildman–Crippen LogP) is 3.53. The van der Waals surface area contributed by atoms with Crippen LogP contribution in [0.25, 0.3) is 5.76 Å². The van der Waals surface area contributed by atoms with Crippen molar-refractivity contribution in [2.75, 3.05) is 14.1 Å².